The van der Waals surface area contributed by atoms with Gasteiger partial charge < -0.3 is 11.1 Å². The van der Waals surface area contributed by atoms with Crippen LogP contribution in [0.5, 0.6) is 0 Å². The van der Waals surface area contributed by atoms with Crippen LogP contribution in [0.25, 0.3) is 0 Å². The Morgan fingerprint density at radius 2 is 2.00 bits per heavy atom. The molecule has 3 atom stereocenters. The molecule has 0 bridgehead atoms. The van der Waals surface area contributed by atoms with Crippen LogP contribution in [0, 0.1) is 5.92 Å². The number of carbonyl (C=O) groups excluding carboxylic acids is 1. The maximum absolute atomic E-state index is 12.2. The molecule has 18 heavy (non-hydrogen) atoms. The van der Waals surface area contributed by atoms with Crippen molar-refractivity contribution < 1.29 is 4.79 Å². The van der Waals surface area contributed by atoms with Crippen LogP contribution in [0.3, 0.4) is 0 Å². The molecule has 3 unspecified atom stereocenters. The maximum Gasteiger partial charge on any atom is 0.237 e. The molecule has 104 valence electrons. The van der Waals surface area contributed by atoms with Crippen LogP contribution in [0.4, 0.5) is 0 Å². The Hall–Kier alpha value is -0.610. The van der Waals surface area contributed by atoms with Gasteiger partial charge in [0.05, 0.1) is 6.04 Å². The molecule has 0 spiro atoms. The number of hydrogen-bond donors (Lipinski definition) is 2. The molecule has 2 fully saturated rings. The lowest BCUT2D eigenvalue weighted by molar-refractivity contribution is -0.127. The summed E-state index contributed by atoms with van der Waals surface area (Å²) in [6.07, 6.45) is 5.88. The summed E-state index contributed by atoms with van der Waals surface area (Å²) in [5.74, 6) is 0.777. The van der Waals surface area contributed by atoms with Crippen molar-refractivity contribution >= 4 is 5.91 Å². The third-order valence-corrected chi connectivity index (χ3v) is 4.35. The van der Waals surface area contributed by atoms with E-state index in [1.807, 2.05) is 6.92 Å². The van der Waals surface area contributed by atoms with Gasteiger partial charge in [0.1, 0.15) is 0 Å². The lowest BCUT2D eigenvalue weighted by atomic mass is 9.95. The topological polar surface area (TPSA) is 58.4 Å². The summed E-state index contributed by atoms with van der Waals surface area (Å²) in [6.45, 7) is 6.07. The third-order valence-electron chi connectivity index (χ3n) is 4.35. The third kappa shape index (κ3) is 3.45. The Bertz CT molecular complexity index is 279. The predicted octanol–water partition coefficient (Wildman–Crippen LogP) is 1.10. The molecule has 0 aromatic rings. The quantitative estimate of drug-likeness (QED) is 0.792. The van der Waals surface area contributed by atoms with Crippen molar-refractivity contribution in [2.75, 3.05) is 13.1 Å². The van der Waals surface area contributed by atoms with Crippen LogP contribution in [0.1, 0.15) is 46.0 Å². The molecule has 1 amide bonds. The molecule has 4 nitrogen and oxygen atoms in total. The van der Waals surface area contributed by atoms with E-state index in [2.05, 4.69) is 17.1 Å². The van der Waals surface area contributed by atoms with Crippen molar-refractivity contribution in [2.24, 2.45) is 11.7 Å². The Labute approximate surface area is 110 Å². The molecular weight excluding hydrogens is 226 g/mol. The number of nitrogens with one attached hydrogen (secondary N) is 1. The summed E-state index contributed by atoms with van der Waals surface area (Å²) in [5.41, 5.74) is 6.04. The Balaban J connectivity index is 1.84. The summed E-state index contributed by atoms with van der Waals surface area (Å²) in [5, 5.41) is 3.18. The van der Waals surface area contributed by atoms with Gasteiger partial charge in [0.15, 0.2) is 0 Å². The summed E-state index contributed by atoms with van der Waals surface area (Å²) < 4.78 is 0. The minimum absolute atomic E-state index is 0.0422. The summed E-state index contributed by atoms with van der Waals surface area (Å²) in [6, 6.07) is 0.589. The molecule has 1 saturated carbocycles. The average Bonchev–Trinajstić information content (AvgIpc) is 2.79. The van der Waals surface area contributed by atoms with Crippen LogP contribution in [-0.4, -0.2) is 42.0 Å². The van der Waals surface area contributed by atoms with Crippen molar-refractivity contribution in [3.8, 4) is 0 Å². The fraction of sp³-hybridized carbons (Fsp3) is 0.929. The van der Waals surface area contributed by atoms with E-state index in [1.165, 1.54) is 12.8 Å². The average molecular weight is 253 g/mol. The first-order valence-electron chi connectivity index (χ1n) is 7.36. The second-order valence-electron chi connectivity index (χ2n) is 6.22. The maximum atomic E-state index is 12.2. The van der Waals surface area contributed by atoms with E-state index in [0.717, 1.165) is 32.4 Å². The van der Waals surface area contributed by atoms with Gasteiger partial charge >= 0.3 is 0 Å². The minimum atomic E-state index is -0.0422. The molecule has 1 heterocycles. The summed E-state index contributed by atoms with van der Waals surface area (Å²) in [4.78, 5) is 14.5. The molecular formula is C14H27N3O. The van der Waals surface area contributed by atoms with Gasteiger partial charge in [-0.05, 0) is 32.1 Å². The van der Waals surface area contributed by atoms with Gasteiger partial charge in [0.25, 0.3) is 0 Å². The van der Waals surface area contributed by atoms with Gasteiger partial charge in [0, 0.05) is 25.2 Å². The van der Waals surface area contributed by atoms with Crippen LogP contribution < -0.4 is 11.1 Å². The molecule has 0 radical (unpaired) electrons. The molecule has 4 heteroatoms. The molecule has 0 aromatic heterocycles. The SMILES string of the molecule is CC1CC(N)CN(C(C)C(=O)NC2CCCC2)C1. The van der Waals surface area contributed by atoms with Crippen molar-refractivity contribution in [2.45, 2.75) is 64.1 Å². The van der Waals surface area contributed by atoms with E-state index in [4.69, 9.17) is 5.73 Å². The molecule has 1 aliphatic carbocycles. The molecule has 1 saturated heterocycles. The van der Waals surface area contributed by atoms with Gasteiger partial charge in [-0.1, -0.05) is 19.8 Å². The van der Waals surface area contributed by atoms with E-state index in [-0.39, 0.29) is 18.0 Å². The van der Waals surface area contributed by atoms with Crippen LogP contribution in [-0.2, 0) is 4.79 Å². The molecule has 3 N–H and O–H groups in total. The first-order valence-corrected chi connectivity index (χ1v) is 7.36. The zero-order valence-electron chi connectivity index (χ0n) is 11.7. The highest BCUT2D eigenvalue weighted by Gasteiger charge is 2.30. The summed E-state index contributed by atoms with van der Waals surface area (Å²) >= 11 is 0. The largest absolute Gasteiger partial charge is 0.352 e. The highest BCUT2D eigenvalue weighted by molar-refractivity contribution is 5.81. The number of hydrogen-bond acceptors (Lipinski definition) is 3. The van der Waals surface area contributed by atoms with Gasteiger partial charge in [-0.2, -0.15) is 0 Å². The van der Waals surface area contributed by atoms with E-state index < -0.39 is 0 Å². The molecule has 2 aliphatic rings. The minimum Gasteiger partial charge on any atom is -0.352 e. The number of likely N-dealkylation sites (tertiary alicyclic amines) is 1. The highest BCUT2D eigenvalue weighted by Crippen LogP contribution is 2.20. The van der Waals surface area contributed by atoms with E-state index >= 15 is 0 Å². The van der Waals surface area contributed by atoms with Crippen LogP contribution >= 0.6 is 0 Å². The fourth-order valence-electron chi connectivity index (χ4n) is 3.32. The fourth-order valence-corrected chi connectivity index (χ4v) is 3.32. The zero-order chi connectivity index (χ0) is 13.1. The second kappa shape index (κ2) is 6.02. The van der Waals surface area contributed by atoms with Crippen LogP contribution in [0.2, 0.25) is 0 Å². The number of nitrogens with zero attached hydrogens (tertiary/aromatic N) is 1. The molecule has 0 aromatic carbocycles. The second-order valence-corrected chi connectivity index (χ2v) is 6.22. The number of piperidine rings is 1. The first kappa shape index (κ1) is 13.8. The lowest BCUT2D eigenvalue weighted by Crippen LogP contribution is -2.55. The monoisotopic (exact) mass is 253 g/mol. The van der Waals surface area contributed by atoms with Gasteiger partial charge in [-0.25, -0.2) is 0 Å². The Kier molecular flexibility index (Phi) is 4.62. The van der Waals surface area contributed by atoms with Crippen molar-refractivity contribution in [3.63, 3.8) is 0 Å². The Morgan fingerprint density at radius 1 is 1.33 bits per heavy atom. The van der Waals surface area contributed by atoms with Gasteiger partial charge in [0.2, 0.25) is 5.91 Å². The normalized spacial score (nSPS) is 32.4. The zero-order valence-corrected chi connectivity index (χ0v) is 11.7. The van der Waals surface area contributed by atoms with Crippen LogP contribution in [0.15, 0.2) is 0 Å². The number of nitrogens with two attached hydrogens (primary N) is 1. The predicted molar refractivity (Wildman–Crippen MR) is 73.2 cm³/mol. The Morgan fingerprint density at radius 3 is 2.61 bits per heavy atom. The number of rotatable bonds is 3. The van der Waals surface area contributed by atoms with Crippen molar-refractivity contribution in [1.29, 1.82) is 0 Å². The molecule has 1 aliphatic heterocycles. The van der Waals surface area contributed by atoms with Gasteiger partial charge in [-0.3, -0.25) is 9.69 Å². The van der Waals surface area contributed by atoms with Crippen molar-refractivity contribution in [3.05, 3.63) is 0 Å². The number of amides is 1. The standard InChI is InChI=1S/C14H27N3O/c1-10-7-12(15)9-17(8-10)11(2)14(18)16-13-5-3-4-6-13/h10-13H,3-9,15H2,1-2H3,(H,16,18). The lowest BCUT2D eigenvalue weighted by Gasteiger charge is -2.38. The smallest absolute Gasteiger partial charge is 0.237 e. The van der Waals surface area contributed by atoms with Gasteiger partial charge in [-0.15, -0.1) is 0 Å². The summed E-state index contributed by atoms with van der Waals surface area (Å²) in [7, 11) is 0. The van der Waals surface area contributed by atoms with Crippen molar-refractivity contribution in [1.82, 2.24) is 10.2 Å². The van der Waals surface area contributed by atoms with E-state index in [0.29, 0.717) is 12.0 Å². The van der Waals surface area contributed by atoms with E-state index in [9.17, 15) is 4.79 Å². The van der Waals surface area contributed by atoms with E-state index in [1.54, 1.807) is 0 Å². The highest BCUT2D eigenvalue weighted by atomic mass is 16.2. The molecule has 2 rings (SSSR count). The first-order chi connectivity index (χ1) is 8.56. The number of carbonyl (C=O) groups is 1.